The molecule has 1 aromatic rings. The fraction of sp³-hybridized carbons (Fsp3) is 0.593. The number of alkyl halides is 3. The number of benzene rings is 1. The van der Waals surface area contributed by atoms with Crippen LogP contribution in [0.3, 0.4) is 0 Å². The van der Waals surface area contributed by atoms with E-state index < -0.39 is 52.0 Å². The molecule has 1 unspecified atom stereocenters. The molecule has 1 fully saturated rings. The Kier molecular flexibility index (Phi) is 10.5. The van der Waals surface area contributed by atoms with Crippen molar-refractivity contribution in [3.05, 3.63) is 41.0 Å². The second-order valence-electron chi connectivity index (χ2n) is 10.9. The van der Waals surface area contributed by atoms with E-state index in [-0.39, 0.29) is 61.1 Å². The van der Waals surface area contributed by atoms with Crippen LogP contribution in [0, 0.1) is 5.92 Å². The van der Waals surface area contributed by atoms with Crippen molar-refractivity contribution in [1.82, 2.24) is 14.5 Å². The van der Waals surface area contributed by atoms with Gasteiger partial charge < -0.3 is 20.7 Å². The van der Waals surface area contributed by atoms with Crippen molar-refractivity contribution in [3.63, 3.8) is 0 Å². The minimum absolute atomic E-state index is 0. The summed E-state index contributed by atoms with van der Waals surface area (Å²) < 4.78 is 73.3. The van der Waals surface area contributed by atoms with Crippen LogP contribution in [0.5, 0.6) is 0 Å². The molecule has 3 N–H and O–H groups in total. The molecule has 4 rings (SSSR count). The van der Waals surface area contributed by atoms with E-state index in [1.165, 1.54) is 18.2 Å². The first-order chi connectivity index (χ1) is 19.2. The van der Waals surface area contributed by atoms with Gasteiger partial charge in [-0.3, -0.25) is 9.59 Å². The van der Waals surface area contributed by atoms with Crippen molar-refractivity contribution < 1.29 is 40.7 Å². The number of ketones is 1. The van der Waals surface area contributed by atoms with Crippen LogP contribution in [0.25, 0.3) is 0 Å². The smallest absolute Gasteiger partial charge is 0.467 e. The molecule has 0 bridgehead atoms. The zero-order valence-electron chi connectivity index (χ0n) is 23.4. The number of carbonyl (C=O) groups excluding carboxylic acids is 3. The third-order valence-corrected chi connectivity index (χ3v) is 9.98. The van der Waals surface area contributed by atoms with Gasteiger partial charge in [-0.2, -0.15) is 17.5 Å². The molecule has 234 valence electrons. The van der Waals surface area contributed by atoms with Gasteiger partial charge in [0.05, 0.1) is 18.0 Å². The van der Waals surface area contributed by atoms with Gasteiger partial charge >= 0.3 is 18.1 Å². The molecule has 1 saturated heterocycles. The number of amides is 1. The van der Waals surface area contributed by atoms with Crippen molar-refractivity contribution in [2.45, 2.75) is 68.2 Å². The van der Waals surface area contributed by atoms with E-state index in [1.54, 1.807) is 6.92 Å². The predicted octanol–water partition coefficient (Wildman–Crippen LogP) is 2.09. The molecule has 0 spiro atoms. The number of hydrogen-bond acceptors (Lipinski definition) is 8. The summed E-state index contributed by atoms with van der Waals surface area (Å²) in [4.78, 5) is 39.6. The number of methoxy groups -OCH3 is 1. The molecule has 1 aromatic carbocycles. The number of nitrogens with two attached hydrogens (primary N) is 1. The number of piperidine rings is 1. The van der Waals surface area contributed by atoms with E-state index in [4.69, 9.17) is 10.5 Å². The van der Waals surface area contributed by atoms with Crippen molar-refractivity contribution in [3.8, 4) is 0 Å². The van der Waals surface area contributed by atoms with Gasteiger partial charge in [-0.1, -0.05) is 24.6 Å². The van der Waals surface area contributed by atoms with Gasteiger partial charge in [0.25, 0.3) is 0 Å². The van der Waals surface area contributed by atoms with E-state index in [0.717, 1.165) is 30.0 Å². The Bertz CT molecular complexity index is 1360. The molecule has 42 heavy (non-hydrogen) atoms. The van der Waals surface area contributed by atoms with Crippen LogP contribution in [0.4, 0.5) is 13.2 Å². The van der Waals surface area contributed by atoms with Gasteiger partial charge in [0, 0.05) is 26.2 Å². The number of hydrogen-bond donors (Lipinski definition) is 2. The lowest BCUT2D eigenvalue weighted by atomic mass is 9.76. The molecule has 1 amide bonds. The maximum Gasteiger partial charge on any atom is 0.471 e. The van der Waals surface area contributed by atoms with Gasteiger partial charge in [-0.25, -0.2) is 13.2 Å². The maximum absolute atomic E-state index is 14.2. The lowest BCUT2D eigenvalue weighted by molar-refractivity contribution is -0.186. The number of carbonyl (C=O) groups is 3. The van der Waals surface area contributed by atoms with Crippen LogP contribution in [0.15, 0.2) is 34.7 Å². The third kappa shape index (κ3) is 6.52. The zero-order valence-corrected chi connectivity index (χ0v) is 25.0. The van der Waals surface area contributed by atoms with Crippen LogP contribution in [-0.4, -0.2) is 86.3 Å². The summed E-state index contributed by atoms with van der Waals surface area (Å²) in [5.74, 6) is -4.03. The Balaban J connectivity index is 0.00000484. The second kappa shape index (κ2) is 13.0. The number of nitrogens with zero attached hydrogens (tertiary/aromatic N) is 2. The first-order valence-corrected chi connectivity index (χ1v) is 14.9. The largest absolute Gasteiger partial charge is 0.471 e. The summed E-state index contributed by atoms with van der Waals surface area (Å²) in [6.07, 6.45) is -1.88. The molecule has 0 radical (unpaired) electrons. The second-order valence-corrected chi connectivity index (χ2v) is 12.8. The summed E-state index contributed by atoms with van der Waals surface area (Å²) in [6, 6.07) is 2.82. The van der Waals surface area contributed by atoms with E-state index >= 15 is 0 Å². The van der Waals surface area contributed by atoms with E-state index in [2.05, 4.69) is 5.32 Å². The van der Waals surface area contributed by atoms with Gasteiger partial charge in [0.2, 0.25) is 10.0 Å². The summed E-state index contributed by atoms with van der Waals surface area (Å²) in [6.45, 7) is 2.35. The van der Waals surface area contributed by atoms with Crippen LogP contribution >= 0.6 is 12.4 Å². The van der Waals surface area contributed by atoms with Crippen LogP contribution in [0.2, 0.25) is 0 Å². The average Bonchev–Trinajstić information content (AvgIpc) is 2.94. The highest BCUT2D eigenvalue weighted by Gasteiger charge is 2.59. The maximum atomic E-state index is 14.2. The summed E-state index contributed by atoms with van der Waals surface area (Å²) in [5, 5.41) is 3.19. The average molecular weight is 637 g/mol. The molecular weight excluding hydrogens is 601 g/mol. The molecule has 0 aromatic heterocycles. The summed E-state index contributed by atoms with van der Waals surface area (Å²) in [5.41, 5.74) is 5.84. The molecule has 15 heteroatoms. The number of sulfonamides is 1. The first kappa shape index (κ1) is 34.0. The standard InChI is InChI=1S/C27H35F3N4O6S.ClH/c1-17-7-11-34(26(14-17,25(37)40-2)23(35)22(31)12-18-4-3-9-32-15-18)41(38,39)21-6-5-19-8-10-33(16-20(19)13-21)24(36)27(28,29)30;/h4-6,13,17,22,32H,3,7-12,14-16,31H2,1-2H3;1H/t17-,22?,26-;/m0./s1. The number of halogens is 4. The zero-order chi connectivity index (χ0) is 30.2. The molecule has 3 atom stereocenters. The lowest BCUT2D eigenvalue weighted by Gasteiger charge is -2.45. The topological polar surface area (TPSA) is 139 Å². The monoisotopic (exact) mass is 636 g/mol. The Morgan fingerprint density at radius 3 is 2.55 bits per heavy atom. The predicted molar refractivity (Wildman–Crippen MR) is 149 cm³/mol. The van der Waals surface area contributed by atoms with Crippen LogP contribution in [0.1, 0.15) is 43.7 Å². The van der Waals surface area contributed by atoms with Gasteiger partial charge in [-0.15, -0.1) is 12.4 Å². The molecule has 0 saturated carbocycles. The Morgan fingerprint density at radius 1 is 1.21 bits per heavy atom. The van der Waals surface area contributed by atoms with Crippen molar-refractivity contribution in [2.75, 3.05) is 33.3 Å². The van der Waals surface area contributed by atoms with Crippen molar-refractivity contribution >= 4 is 40.1 Å². The highest BCUT2D eigenvalue weighted by atomic mass is 35.5. The highest BCUT2D eigenvalue weighted by Crippen LogP contribution is 2.40. The lowest BCUT2D eigenvalue weighted by Crippen LogP contribution is -2.68. The molecule has 10 nitrogen and oxygen atoms in total. The summed E-state index contributed by atoms with van der Waals surface area (Å²) in [7, 11) is -3.48. The van der Waals surface area contributed by atoms with Crippen molar-refractivity contribution in [2.24, 2.45) is 11.7 Å². The van der Waals surface area contributed by atoms with E-state index in [9.17, 15) is 36.0 Å². The van der Waals surface area contributed by atoms with Crippen molar-refractivity contribution in [1.29, 1.82) is 0 Å². The number of fused-ring (bicyclic) bond motifs is 1. The number of esters is 1. The fourth-order valence-electron chi connectivity index (χ4n) is 5.95. The number of ether oxygens (including phenoxy) is 1. The van der Waals surface area contributed by atoms with Gasteiger partial charge in [-0.05, 0) is 67.8 Å². The minimum atomic E-state index is -5.06. The summed E-state index contributed by atoms with van der Waals surface area (Å²) >= 11 is 0. The van der Waals surface area contributed by atoms with Gasteiger partial charge in [0.1, 0.15) is 0 Å². The van der Waals surface area contributed by atoms with Crippen LogP contribution in [-0.2, 0) is 42.1 Å². The third-order valence-electron chi connectivity index (χ3n) is 8.06. The Labute approximate surface area is 249 Å². The molecule has 3 heterocycles. The SMILES string of the molecule is COC(=O)[C@@]1(C(=O)C(N)CC2=CCCNC2)C[C@@H](C)CCN1S(=O)(=O)c1ccc2c(c1)CN(C(=O)C(F)(F)F)CC2.Cl. The molecule has 3 aliphatic rings. The molecule has 0 aliphatic carbocycles. The number of Topliss-reactive ketones (excluding diaryl/α,β-unsaturated/α-hetero) is 1. The fourth-order valence-corrected chi connectivity index (χ4v) is 7.73. The van der Waals surface area contributed by atoms with E-state index in [0.29, 0.717) is 23.4 Å². The number of nitrogens with one attached hydrogen (secondary N) is 1. The van der Waals surface area contributed by atoms with Crippen LogP contribution < -0.4 is 11.1 Å². The molecule has 3 aliphatic heterocycles. The highest BCUT2D eigenvalue weighted by molar-refractivity contribution is 7.89. The Hall–Kier alpha value is -2.52. The normalized spacial score (nSPS) is 24.1. The first-order valence-electron chi connectivity index (χ1n) is 13.5. The molecular formula is C27H36ClF3N4O6S. The Morgan fingerprint density at radius 2 is 1.93 bits per heavy atom. The van der Waals surface area contributed by atoms with Gasteiger partial charge in [0.15, 0.2) is 11.3 Å². The quantitative estimate of drug-likeness (QED) is 0.264. The van der Waals surface area contributed by atoms with E-state index in [1.807, 2.05) is 6.08 Å². The minimum Gasteiger partial charge on any atom is -0.467 e. The number of rotatable bonds is 7.